The number of hydrogen-bond donors (Lipinski definition) is 1. The molecule has 9 heteroatoms. The predicted octanol–water partition coefficient (Wildman–Crippen LogP) is 3.62. The summed E-state index contributed by atoms with van der Waals surface area (Å²) in [5, 5.41) is 2.88. The fourth-order valence-corrected chi connectivity index (χ4v) is 4.48. The van der Waals surface area contributed by atoms with E-state index in [2.05, 4.69) is 5.32 Å². The van der Waals surface area contributed by atoms with Crippen molar-refractivity contribution >= 4 is 27.5 Å². The van der Waals surface area contributed by atoms with Crippen LogP contribution in [0.3, 0.4) is 0 Å². The van der Waals surface area contributed by atoms with Crippen LogP contribution in [-0.2, 0) is 26.2 Å². The molecule has 2 amide bonds. The van der Waals surface area contributed by atoms with Gasteiger partial charge in [0, 0.05) is 13.1 Å². The van der Waals surface area contributed by atoms with Gasteiger partial charge in [0.1, 0.15) is 18.4 Å². The Morgan fingerprint density at radius 2 is 1.79 bits per heavy atom. The molecular weight excluding hydrogens is 457 g/mol. The molecular formula is C25H34FN3O4S. The second-order valence-corrected chi connectivity index (χ2v) is 10.2. The van der Waals surface area contributed by atoms with Crippen molar-refractivity contribution in [1.29, 1.82) is 0 Å². The molecule has 0 saturated carbocycles. The van der Waals surface area contributed by atoms with Crippen molar-refractivity contribution in [3.8, 4) is 0 Å². The Morgan fingerprint density at radius 3 is 2.38 bits per heavy atom. The molecule has 1 N–H and O–H groups in total. The summed E-state index contributed by atoms with van der Waals surface area (Å²) in [7, 11) is -3.90. The van der Waals surface area contributed by atoms with E-state index in [-0.39, 0.29) is 18.1 Å². The maximum atomic E-state index is 13.8. The van der Waals surface area contributed by atoms with Gasteiger partial charge in [-0.25, -0.2) is 12.8 Å². The van der Waals surface area contributed by atoms with Gasteiger partial charge >= 0.3 is 0 Å². The van der Waals surface area contributed by atoms with E-state index in [9.17, 15) is 22.4 Å². The monoisotopic (exact) mass is 491 g/mol. The van der Waals surface area contributed by atoms with Gasteiger partial charge in [0.2, 0.25) is 21.8 Å². The summed E-state index contributed by atoms with van der Waals surface area (Å²) in [5.41, 5.74) is 1.85. The van der Waals surface area contributed by atoms with Gasteiger partial charge in [-0.1, -0.05) is 50.6 Å². The van der Waals surface area contributed by atoms with Crippen LogP contribution < -0.4 is 9.62 Å². The van der Waals surface area contributed by atoms with Gasteiger partial charge in [-0.2, -0.15) is 0 Å². The van der Waals surface area contributed by atoms with Gasteiger partial charge in [-0.3, -0.25) is 13.9 Å². The van der Waals surface area contributed by atoms with Crippen molar-refractivity contribution in [2.24, 2.45) is 0 Å². The minimum Gasteiger partial charge on any atom is -0.354 e. The molecule has 0 aliphatic carbocycles. The molecule has 1 atom stereocenters. The number of aryl methyl sites for hydroxylation is 1. The van der Waals surface area contributed by atoms with Gasteiger partial charge in [-0.05, 0) is 49.1 Å². The van der Waals surface area contributed by atoms with E-state index < -0.39 is 34.3 Å². The first kappa shape index (κ1) is 27.3. The Bertz CT molecular complexity index is 1090. The highest BCUT2D eigenvalue weighted by Crippen LogP contribution is 2.21. The van der Waals surface area contributed by atoms with Crippen LogP contribution in [0.4, 0.5) is 10.1 Å². The molecule has 0 heterocycles. The number of halogens is 1. The van der Waals surface area contributed by atoms with Crippen molar-refractivity contribution in [2.45, 2.75) is 52.6 Å². The lowest BCUT2D eigenvalue weighted by Gasteiger charge is -2.33. The molecule has 0 fully saturated rings. The predicted molar refractivity (Wildman–Crippen MR) is 132 cm³/mol. The van der Waals surface area contributed by atoms with Crippen LogP contribution in [0.1, 0.15) is 44.2 Å². The molecule has 2 aromatic rings. The van der Waals surface area contributed by atoms with E-state index in [0.29, 0.717) is 13.0 Å². The Kier molecular flexibility index (Phi) is 10.0. The zero-order chi connectivity index (χ0) is 25.3. The zero-order valence-electron chi connectivity index (χ0n) is 20.3. The van der Waals surface area contributed by atoms with Crippen molar-refractivity contribution < 1.29 is 22.4 Å². The molecule has 0 spiro atoms. The van der Waals surface area contributed by atoms with Gasteiger partial charge in [0.25, 0.3) is 0 Å². The molecule has 0 bridgehead atoms. The van der Waals surface area contributed by atoms with Crippen LogP contribution in [0.5, 0.6) is 0 Å². The third kappa shape index (κ3) is 7.55. The highest BCUT2D eigenvalue weighted by molar-refractivity contribution is 7.92. The first-order chi connectivity index (χ1) is 16.1. The average Bonchev–Trinajstić information content (AvgIpc) is 2.77. The number of hydrogen-bond acceptors (Lipinski definition) is 4. The topological polar surface area (TPSA) is 86.8 Å². The Morgan fingerprint density at radius 1 is 1.09 bits per heavy atom. The van der Waals surface area contributed by atoms with E-state index in [1.54, 1.807) is 0 Å². The number of carbonyl (C=O) groups is 2. The number of benzene rings is 2. The molecule has 7 nitrogen and oxygen atoms in total. The quantitative estimate of drug-likeness (QED) is 0.460. The first-order valence-corrected chi connectivity index (χ1v) is 13.3. The highest BCUT2D eigenvalue weighted by Gasteiger charge is 2.31. The van der Waals surface area contributed by atoms with Crippen LogP contribution in [0.25, 0.3) is 0 Å². The number of rotatable bonds is 12. The molecule has 2 rings (SSSR count). The number of nitrogens with zero attached hydrogens (tertiary/aromatic N) is 2. The lowest BCUT2D eigenvalue weighted by atomic mass is 10.1. The fraction of sp³-hybridized carbons (Fsp3) is 0.440. The largest absolute Gasteiger partial charge is 0.354 e. The third-order valence-corrected chi connectivity index (χ3v) is 6.73. The number of carbonyl (C=O) groups excluding carboxylic acids is 2. The van der Waals surface area contributed by atoms with E-state index >= 15 is 0 Å². The molecule has 0 saturated heterocycles. The molecule has 186 valence electrons. The summed E-state index contributed by atoms with van der Waals surface area (Å²) >= 11 is 0. The Balaban J connectivity index is 2.41. The second kappa shape index (κ2) is 12.5. The minimum absolute atomic E-state index is 0.0483. The molecule has 2 aromatic carbocycles. The summed E-state index contributed by atoms with van der Waals surface area (Å²) in [6, 6.07) is 11.8. The van der Waals surface area contributed by atoms with Crippen molar-refractivity contribution in [2.75, 3.05) is 23.7 Å². The van der Waals surface area contributed by atoms with E-state index in [1.807, 2.05) is 45.0 Å². The van der Waals surface area contributed by atoms with Gasteiger partial charge in [0.05, 0.1) is 11.9 Å². The van der Waals surface area contributed by atoms with Crippen LogP contribution in [0, 0.1) is 12.7 Å². The van der Waals surface area contributed by atoms with Gasteiger partial charge < -0.3 is 10.2 Å². The Labute approximate surface area is 202 Å². The fourth-order valence-electron chi connectivity index (χ4n) is 3.64. The summed E-state index contributed by atoms with van der Waals surface area (Å²) < 4.78 is 39.7. The van der Waals surface area contributed by atoms with E-state index in [1.165, 1.54) is 23.1 Å². The highest BCUT2D eigenvalue weighted by atomic mass is 32.2. The van der Waals surface area contributed by atoms with Crippen molar-refractivity contribution in [3.63, 3.8) is 0 Å². The number of amides is 2. The van der Waals surface area contributed by atoms with E-state index in [4.69, 9.17) is 0 Å². The standard InChI is InChI=1S/C25H34FN3O4S/c1-5-7-15-27-25(31)23(6-2)28(17-20-12-9-8-11-19(20)3)24(30)18-29(34(4,32)33)22-14-10-13-21(26)16-22/h8-14,16,23H,5-7,15,17-18H2,1-4H3,(H,27,31)/t23-/m0/s1. The number of unbranched alkanes of at least 4 members (excludes halogenated alkanes) is 1. The zero-order valence-corrected chi connectivity index (χ0v) is 21.1. The summed E-state index contributed by atoms with van der Waals surface area (Å²) in [6.07, 6.45) is 3.05. The molecule has 0 aliphatic rings. The average molecular weight is 492 g/mol. The Hall–Kier alpha value is -2.94. The van der Waals surface area contributed by atoms with Crippen molar-refractivity contribution in [3.05, 3.63) is 65.5 Å². The minimum atomic E-state index is -3.90. The van der Waals surface area contributed by atoms with Crippen LogP contribution >= 0.6 is 0 Å². The SMILES string of the molecule is CCCCNC(=O)[C@H](CC)N(Cc1ccccc1C)C(=O)CN(c1cccc(F)c1)S(C)(=O)=O. The van der Waals surface area contributed by atoms with Gasteiger partial charge in [-0.15, -0.1) is 0 Å². The summed E-state index contributed by atoms with van der Waals surface area (Å²) in [4.78, 5) is 28.0. The molecule has 0 aromatic heterocycles. The normalized spacial score (nSPS) is 12.1. The molecule has 0 unspecified atom stereocenters. The number of sulfonamides is 1. The second-order valence-electron chi connectivity index (χ2n) is 8.27. The maximum absolute atomic E-state index is 13.8. The van der Waals surface area contributed by atoms with Crippen LogP contribution in [-0.4, -0.2) is 50.5 Å². The van der Waals surface area contributed by atoms with Crippen molar-refractivity contribution in [1.82, 2.24) is 10.2 Å². The molecule has 34 heavy (non-hydrogen) atoms. The number of anilines is 1. The third-order valence-electron chi connectivity index (χ3n) is 5.59. The van der Waals surface area contributed by atoms with Crippen LogP contribution in [0.2, 0.25) is 0 Å². The summed E-state index contributed by atoms with van der Waals surface area (Å²) in [6.45, 7) is 5.83. The van der Waals surface area contributed by atoms with E-state index in [0.717, 1.165) is 40.6 Å². The lowest BCUT2D eigenvalue weighted by molar-refractivity contribution is -0.140. The first-order valence-electron chi connectivity index (χ1n) is 11.4. The lowest BCUT2D eigenvalue weighted by Crippen LogP contribution is -2.52. The molecule has 0 aliphatic heterocycles. The smallest absolute Gasteiger partial charge is 0.244 e. The summed E-state index contributed by atoms with van der Waals surface area (Å²) in [5.74, 6) is -1.44. The van der Waals surface area contributed by atoms with Gasteiger partial charge in [0.15, 0.2) is 0 Å². The van der Waals surface area contributed by atoms with Crippen LogP contribution in [0.15, 0.2) is 48.5 Å². The molecule has 0 radical (unpaired) electrons. The number of nitrogens with one attached hydrogen (secondary N) is 1. The maximum Gasteiger partial charge on any atom is 0.244 e.